The Balaban J connectivity index is 2.13. The Bertz CT molecular complexity index is 1350. The normalized spacial score (nSPS) is 13.7. The van der Waals surface area contributed by atoms with Gasteiger partial charge in [0.2, 0.25) is 20.0 Å². The number of para-hydroxylation sites is 1. The molecule has 0 aliphatic rings. The van der Waals surface area contributed by atoms with E-state index in [1.54, 1.807) is 67.6 Å². The van der Waals surface area contributed by atoms with Gasteiger partial charge in [-0.05, 0) is 36.8 Å². The molecule has 0 aromatic heterocycles. The molecule has 0 bridgehead atoms. The molecule has 0 aliphatic carbocycles. The predicted octanol–water partition coefficient (Wildman–Crippen LogP) is 3.44. The number of anilines is 1. The fourth-order valence-electron chi connectivity index (χ4n) is 3.51. The average Bonchev–Trinajstić information content (AvgIpc) is 2.83. The van der Waals surface area contributed by atoms with Crippen LogP contribution in [0.4, 0.5) is 11.4 Å². The number of nitrogens with one attached hydrogen (secondary N) is 1. The number of rotatable bonds is 11. The number of hydrogen-bond donors (Lipinski definition) is 1. The van der Waals surface area contributed by atoms with Crippen LogP contribution in [0.1, 0.15) is 18.5 Å². The maximum atomic E-state index is 13.3. The molecule has 0 unspecified atom stereocenters. The largest absolute Gasteiger partial charge is 0.356 e. The summed E-state index contributed by atoms with van der Waals surface area (Å²) in [6.45, 7) is 1.76. The highest BCUT2D eigenvalue weighted by Crippen LogP contribution is 2.31. The molecule has 3 aromatic carbocycles. The summed E-state index contributed by atoms with van der Waals surface area (Å²) in [5.74, 6) is 0. The number of nitrogens with zero attached hydrogens (tertiary/aromatic N) is 2. The maximum Gasteiger partial charge on any atom is 0.269 e. The molecule has 35 heavy (non-hydrogen) atoms. The Hall–Kier alpha value is -3.32. The van der Waals surface area contributed by atoms with Crippen molar-refractivity contribution < 1.29 is 26.5 Å². The van der Waals surface area contributed by atoms with Gasteiger partial charge in [-0.1, -0.05) is 48.5 Å². The number of ether oxygens (including phenoxy) is 1. The van der Waals surface area contributed by atoms with Crippen molar-refractivity contribution in [3.63, 3.8) is 0 Å². The quantitative estimate of drug-likeness (QED) is 0.233. The monoisotopic (exact) mass is 519 g/mol. The zero-order valence-corrected chi connectivity index (χ0v) is 20.6. The Morgan fingerprint density at radius 2 is 1.46 bits per heavy atom. The number of sulfonamides is 2. The lowest BCUT2D eigenvalue weighted by Gasteiger charge is -2.36. The van der Waals surface area contributed by atoms with Crippen LogP contribution in [-0.4, -0.2) is 40.8 Å². The van der Waals surface area contributed by atoms with Gasteiger partial charge in [0.1, 0.15) is 0 Å². The van der Waals surface area contributed by atoms with E-state index in [4.69, 9.17) is 4.74 Å². The molecule has 0 amide bonds. The maximum absolute atomic E-state index is 13.3. The summed E-state index contributed by atoms with van der Waals surface area (Å²) < 4.78 is 61.9. The van der Waals surface area contributed by atoms with E-state index in [-0.39, 0.29) is 17.2 Å². The van der Waals surface area contributed by atoms with Crippen molar-refractivity contribution in [2.45, 2.75) is 24.1 Å². The molecule has 0 fully saturated rings. The van der Waals surface area contributed by atoms with Gasteiger partial charge in [-0.3, -0.25) is 10.1 Å². The number of non-ortho nitro benzene ring substituents is 1. The molecule has 0 saturated heterocycles. The third kappa shape index (κ3) is 6.42. The van der Waals surface area contributed by atoms with Crippen molar-refractivity contribution in [2.75, 3.05) is 17.2 Å². The fraction of sp³-hybridized carbons (Fsp3) is 0.217. The van der Waals surface area contributed by atoms with Crippen molar-refractivity contribution in [1.82, 2.24) is 4.72 Å². The van der Waals surface area contributed by atoms with Crippen LogP contribution >= 0.6 is 0 Å². The summed E-state index contributed by atoms with van der Waals surface area (Å²) in [4.78, 5) is 10.1. The van der Waals surface area contributed by atoms with E-state index in [2.05, 4.69) is 4.72 Å². The fourth-order valence-corrected chi connectivity index (χ4v) is 5.79. The Morgan fingerprint density at radius 3 is 1.94 bits per heavy atom. The van der Waals surface area contributed by atoms with Crippen LogP contribution in [-0.2, 0) is 24.8 Å². The molecule has 0 radical (unpaired) electrons. The summed E-state index contributed by atoms with van der Waals surface area (Å²) in [6.07, 6.45) is -0.272. The van der Waals surface area contributed by atoms with Crippen LogP contribution in [0.15, 0.2) is 89.8 Å². The summed E-state index contributed by atoms with van der Waals surface area (Å²) in [5.41, 5.74) is 0.494. The van der Waals surface area contributed by atoms with Gasteiger partial charge in [0, 0.05) is 18.7 Å². The van der Waals surface area contributed by atoms with E-state index in [0.717, 1.165) is 34.8 Å². The Labute approximate surface area is 204 Å². The molecule has 3 aromatic rings. The number of nitro benzene ring substituents is 1. The molecule has 186 valence electrons. The lowest BCUT2D eigenvalue weighted by molar-refractivity contribution is -0.384. The standard InChI is InChI=1S/C23H25N3O7S2/c1-3-33-23(25(34(2,29)30)19-12-8-5-9-13-19)22(18-10-6-4-7-11-18)24-35(31,32)21-16-14-20(15-17-21)26(27)28/h4-17,22-24H,3H2,1-2H3/t22-,23+/m1/s1. The molecule has 0 spiro atoms. The lowest BCUT2D eigenvalue weighted by atomic mass is 10.1. The highest BCUT2D eigenvalue weighted by molar-refractivity contribution is 7.92. The highest BCUT2D eigenvalue weighted by atomic mass is 32.2. The first-order chi connectivity index (χ1) is 16.5. The first-order valence-electron chi connectivity index (χ1n) is 10.5. The van der Waals surface area contributed by atoms with Gasteiger partial charge in [-0.2, -0.15) is 4.72 Å². The number of hydrogen-bond acceptors (Lipinski definition) is 7. The second kappa shape index (κ2) is 11.0. The van der Waals surface area contributed by atoms with Gasteiger partial charge in [0.25, 0.3) is 5.69 Å². The first kappa shape index (κ1) is 26.3. The summed E-state index contributed by atoms with van der Waals surface area (Å²) in [7, 11) is -8.18. The molecule has 0 aliphatic heterocycles. The van der Waals surface area contributed by atoms with Crippen LogP contribution in [0, 0.1) is 10.1 Å². The summed E-state index contributed by atoms with van der Waals surface area (Å²) in [6, 6.07) is 19.9. The lowest BCUT2D eigenvalue weighted by Crippen LogP contribution is -2.50. The Morgan fingerprint density at radius 1 is 0.914 bits per heavy atom. The van der Waals surface area contributed by atoms with E-state index in [9.17, 15) is 26.9 Å². The van der Waals surface area contributed by atoms with Crippen LogP contribution in [0.3, 0.4) is 0 Å². The topological polar surface area (TPSA) is 136 Å². The van der Waals surface area contributed by atoms with E-state index < -0.39 is 37.2 Å². The van der Waals surface area contributed by atoms with Crippen LogP contribution in [0.2, 0.25) is 0 Å². The van der Waals surface area contributed by atoms with Gasteiger partial charge in [0.05, 0.1) is 27.8 Å². The summed E-state index contributed by atoms with van der Waals surface area (Å²) in [5, 5.41) is 11.0. The van der Waals surface area contributed by atoms with Crippen molar-refractivity contribution in [1.29, 1.82) is 0 Å². The van der Waals surface area contributed by atoms with Gasteiger partial charge in [0.15, 0.2) is 6.23 Å². The molecule has 10 nitrogen and oxygen atoms in total. The highest BCUT2D eigenvalue weighted by Gasteiger charge is 2.37. The van der Waals surface area contributed by atoms with Crippen molar-refractivity contribution >= 4 is 31.4 Å². The van der Waals surface area contributed by atoms with E-state index in [1.807, 2.05) is 0 Å². The van der Waals surface area contributed by atoms with Crippen LogP contribution < -0.4 is 9.03 Å². The number of nitro groups is 1. The molecule has 1 N–H and O–H groups in total. The van der Waals surface area contributed by atoms with Crippen LogP contribution in [0.25, 0.3) is 0 Å². The molecular weight excluding hydrogens is 494 g/mol. The molecule has 0 saturated carbocycles. The zero-order valence-electron chi connectivity index (χ0n) is 19.0. The SMILES string of the molecule is CCO[C@@H]([C@H](NS(=O)(=O)c1ccc([N+](=O)[O-])cc1)c1ccccc1)N(c1ccccc1)S(C)(=O)=O. The van der Waals surface area contributed by atoms with Gasteiger partial charge >= 0.3 is 0 Å². The number of benzene rings is 3. The minimum Gasteiger partial charge on any atom is -0.356 e. The first-order valence-corrected chi connectivity index (χ1v) is 13.9. The van der Waals surface area contributed by atoms with Gasteiger partial charge in [-0.25, -0.2) is 21.1 Å². The van der Waals surface area contributed by atoms with E-state index in [1.165, 1.54) is 0 Å². The van der Waals surface area contributed by atoms with E-state index in [0.29, 0.717) is 11.3 Å². The third-order valence-electron chi connectivity index (χ3n) is 5.02. The Kier molecular flexibility index (Phi) is 8.22. The van der Waals surface area contributed by atoms with Gasteiger partial charge < -0.3 is 4.74 Å². The molecule has 3 rings (SSSR count). The minimum atomic E-state index is -4.25. The van der Waals surface area contributed by atoms with E-state index >= 15 is 0 Å². The van der Waals surface area contributed by atoms with Crippen molar-refractivity contribution in [2.24, 2.45) is 0 Å². The smallest absolute Gasteiger partial charge is 0.269 e. The third-order valence-corrected chi connectivity index (χ3v) is 7.61. The summed E-state index contributed by atoms with van der Waals surface area (Å²) >= 11 is 0. The van der Waals surface area contributed by atoms with Crippen molar-refractivity contribution in [3.8, 4) is 0 Å². The minimum absolute atomic E-state index is 0.0894. The van der Waals surface area contributed by atoms with Crippen molar-refractivity contribution in [3.05, 3.63) is 101 Å². The molecule has 2 atom stereocenters. The molecule has 0 heterocycles. The van der Waals surface area contributed by atoms with Crippen LogP contribution in [0.5, 0.6) is 0 Å². The second-order valence-electron chi connectivity index (χ2n) is 7.50. The second-order valence-corrected chi connectivity index (χ2v) is 11.1. The van der Waals surface area contributed by atoms with Gasteiger partial charge in [-0.15, -0.1) is 0 Å². The molecule has 12 heteroatoms. The average molecular weight is 520 g/mol. The predicted molar refractivity (Wildman–Crippen MR) is 132 cm³/mol. The zero-order chi connectivity index (χ0) is 25.6. The molecular formula is C23H25N3O7S2.